The summed E-state index contributed by atoms with van der Waals surface area (Å²) in [5.41, 5.74) is -0.453. The second-order valence-corrected chi connectivity index (χ2v) is 5.16. The van der Waals surface area contributed by atoms with Gasteiger partial charge < -0.3 is 10.6 Å². The van der Waals surface area contributed by atoms with Crippen LogP contribution in [0.15, 0.2) is 18.2 Å². The number of benzene rings is 1. The average Bonchev–Trinajstić information content (AvgIpc) is 2.87. The Morgan fingerprint density at radius 3 is 2.52 bits per heavy atom. The molecule has 0 aliphatic heterocycles. The maximum atomic E-state index is 13.5. The van der Waals surface area contributed by atoms with E-state index in [0.717, 1.165) is 18.2 Å². The predicted octanol–water partition coefficient (Wildman–Crippen LogP) is 2.01. The molecule has 0 atom stereocenters. The minimum Gasteiger partial charge on any atom is -0.363 e. The normalized spacial score (nSPS) is 10.6. The summed E-state index contributed by atoms with van der Waals surface area (Å²) in [5.74, 6) is -2.61. The second kappa shape index (κ2) is 7.69. The lowest BCUT2D eigenvalue weighted by Crippen LogP contribution is -2.30. The number of carbonyl (C=O) groups excluding carboxylic acids is 1. The molecule has 1 amide bonds. The summed E-state index contributed by atoms with van der Waals surface area (Å²) in [6, 6.07) is 3.14. The largest absolute Gasteiger partial charge is 0.363 e. The zero-order valence-corrected chi connectivity index (χ0v) is 13.7. The summed E-state index contributed by atoms with van der Waals surface area (Å²) in [6.45, 7) is 1.88. The molecular formula is C15H17F2N5O3. The van der Waals surface area contributed by atoms with Crippen molar-refractivity contribution in [2.75, 3.05) is 18.4 Å². The number of aromatic nitrogens is 2. The van der Waals surface area contributed by atoms with Crippen LogP contribution < -0.4 is 10.6 Å². The van der Waals surface area contributed by atoms with E-state index in [4.69, 9.17) is 0 Å². The van der Waals surface area contributed by atoms with Crippen molar-refractivity contribution in [3.05, 3.63) is 51.2 Å². The van der Waals surface area contributed by atoms with Gasteiger partial charge in [-0.25, -0.2) is 13.5 Å². The summed E-state index contributed by atoms with van der Waals surface area (Å²) in [7, 11) is 1.56. The van der Waals surface area contributed by atoms with Gasteiger partial charge in [-0.05, 0) is 18.6 Å². The van der Waals surface area contributed by atoms with E-state index in [0.29, 0.717) is 12.1 Å². The molecule has 1 aromatic heterocycles. The highest BCUT2D eigenvalue weighted by Gasteiger charge is 2.25. The molecule has 0 saturated heterocycles. The molecule has 0 fully saturated rings. The molecule has 0 saturated carbocycles. The molecule has 0 aliphatic rings. The third kappa shape index (κ3) is 3.90. The van der Waals surface area contributed by atoms with Gasteiger partial charge in [0.2, 0.25) is 5.82 Å². The highest BCUT2D eigenvalue weighted by molar-refractivity contribution is 5.94. The number of halogens is 2. The van der Waals surface area contributed by atoms with Crippen molar-refractivity contribution in [3.63, 3.8) is 0 Å². The van der Waals surface area contributed by atoms with Gasteiger partial charge in [0.1, 0.15) is 22.9 Å². The average molecular weight is 353 g/mol. The minimum absolute atomic E-state index is 0.0103. The Bertz CT molecular complexity index is 786. The van der Waals surface area contributed by atoms with E-state index in [1.165, 1.54) is 4.68 Å². The number of rotatable bonds is 7. The Morgan fingerprint density at radius 2 is 1.96 bits per heavy atom. The molecule has 1 heterocycles. The Morgan fingerprint density at radius 1 is 1.32 bits per heavy atom. The molecule has 10 heteroatoms. The lowest BCUT2D eigenvalue weighted by molar-refractivity contribution is -0.384. The summed E-state index contributed by atoms with van der Waals surface area (Å²) < 4.78 is 28.4. The minimum atomic E-state index is -0.958. The van der Waals surface area contributed by atoms with Gasteiger partial charge in [0.05, 0.1) is 4.92 Å². The molecule has 0 aliphatic carbocycles. The standard InChI is InChI=1S/C15H17F2N5O3/c1-3-11-13(22(24)25)14(21(2)20-11)18-7-8-19-15(23)12-9(16)5-4-6-10(12)17/h4-6,18H,3,7-8H2,1-2H3,(H,19,23). The monoisotopic (exact) mass is 353 g/mol. The number of hydrogen-bond acceptors (Lipinski definition) is 5. The van der Waals surface area contributed by atoms with Crippen LogP contribution in [0, 0.1) is 21.7 Å². The van der Waals surface area contributed by atoms with Gasteiger partial charge in [-0.2, -0.15) is 5.10 Å². The first-order valence-corrected chi connectivity index (χ1v) is 7.53. The maximum absolute atomic E-state index is 13.5. The van der Waals surface area contributed by atoms with E-state index in [9.17, 15) is 23.7 Å². The van der Waals surface area contributed by atoms with E-state index < -0.39 is 28.0 Å². The van der Waals surface area contributed by atoms with Crippen molar-refractivity contribution in [1.82, 2.24) is 15.1 Å². The third-order valence-corrected chi connectivity index (χ3v) is 3.50. The number of carbonyl (C=O) groups is 1. The van der Waals surface area contributed by atoms with Crippen molar-refractivity contribution in [2.24, 2.45) is 7.05 Å². The fourth-order valence-electron chi connectivity index (χ4n) is 2.36. The molecule has 2 N–H and O–H groups in total. The number of nitrogens with zero attached hydrogens (tertiary/aromatic N) is 3. The molecular weight excluding hydrogens is 336 g/mol. The highest BCUT2D eigenvalue weighted by atomic mass is 19.1. The molecule has 1 aromatic carbocycles. The Kier molecular flexibility index (Phi) is 5.63. The number of hydrogen-bond donors (Lipinski definition) is 2. The summed E-state index contributed by atoms with van der Waals surface area (Å²) in [6.07, 6.45) is 0.398. The molecule has 2 rings (SSSR count). The Hall–Kier alpha value is -3.04. The SMILES string of the molecule is CCc1nn(C)c(NCCNC(=O)c2c(F)cccc2F)c1[N+](=O)[O-]. The topological polar surface area (TPSA) is 102 Å². The van der Waals surface area contributed by atoms with Crippen LogP contribution in [-0.2, 0) is 13.5 Å². The molecule has 2 aromatic rings. The van der Waals surface area contributed by atoms with Crippen LogP contribution in [0.5, 0.6) is 0 Å². The van der Waals surface area contributed by atoms with Crippen LogP contribution in [0.25, 0.3) is 0 Å². The number of aryl methyl sites for hydroxylation is 2. The first-order valence-electron chi connectivity index (χ1n) is 7.53. The molecule has 0 spiro atoms. The van der Waals surface area contributed by atoms with Gasteiger partial charge in [0.25, 0.3) is 5.91 Å². The number of nitrogens with one attached hydrogen (secondary N) is 2. The Balaban J connectivity index is 1.99. The van der Waals surface area contributed by atoms with E-state index in [-0.39, 0.29) is 24.6 Å². The van der Waals surface area contributed by atoms with Gasteiger partial charge >= 0.3 is 5.69 Å². The maximum Gasteiger partial charge on any atom is 0.333 e. The number of anilines is 1. The lowest BCUT2D eigenvalue weighted by Gasteiger charge is -2.09. The molecule has 8 nitrogen and oxygen atoms in total. The van der Waals surface area contributed by atoms with Crippen LogP contribution in [0.4, 0.5) is 20.3 Å². The van der Waals surface area contributed by atoms with Gasteiger partial charge in [-0.3, -0.25) is 14.9 Å². The van der Waals surface area contributed by atoms with Crippen molar-refractivity contribution in [1.29, 1.82) is 0 Å². The predicted molar refractivity (Wildman–Crippen MR) is 86.4 cm³/mol. The van der Waals surface area contributed by atoms with Crippen molar-refractivity contribution in [2.45, 2.75) is 13.3 Å². The van der Waals surface area contributed by atoms with Crippen molar-refractivity contribution < 1.29 is 18.5 Å². The molecule has 0 bridgehead atoms. The lowest BCUT2D eigenvalue weighted by atomic mass is 10.2. The van der Waals surface area contributed by atoms with Crippen LogP contribution in [-0.4, -0.2) is 33.7 Å². The van der Waals surface area contributed by atoms with Crippen molar-refractivity contribution >= 4 is 17.4 Å². The van der Waals surface area contributed by atoms with Gasteiger partial charge in [-0.15, -0.1) is 0 Å². The molecule has 134 valence electrons. The fourth-order valence-corrected chi connectivity index (χ4v) is 2.36. The van der Waals surface area contributed by atoms with E-state index >= 15 is 0 Å². The Labute approximate surface area is 142 Å². The van der Waals surface area contributed by atoms with Gasteiger partial charge in [-0.1, -0.05) is 13.0 Å². The van der Waals surface area contributed by atoms with Crippen LogP contribution in [0.2, 0.25) is 0 Å². The third-order valence-electron chi connectivity index (χ3n) is 3.50. The van der Waals surface area contributed by atoms with Crippen LogP contribution in [0.3, 0.4) is 0 Å². The molecule has 0 unspecified atom stereocenters. The number of amides is 1. The first-order chi connectivity index (χ1) is 11.9. The smallest absolute Gasteiger partial charge is 0.333 e. The molecule has 0 radical (unpaired) electrons. The van der Waals surface area contributed by atoms with Crippen LogP contribution in [0.1, 0.15) is 23.0 Å². The van der Waals surface area contributed by atoms with E-state index in [2.05, 4.69) is 15.7 Å². The zero-order valence-electron chi connectivity index (χ0n) is 13.7. The second-order valence-electron chi connectivity index (χ2n) is 5.16. The van der Waals surface area contributed by atoms with Gasteiger partial charge in [0, 0.05) is 20.1 Å². The fraction of sp³-hybridized carbons (Fsp3) is 0.333. The first kappa shape index (κ1) is 18.3. The molecule has 25 heavy (non-hydrogen) atoms. The highest BCUT2D eigenvalue weighted by Crippen LogP contribution is 2.28. The summed E-state index contributed by atoms with van der Waals surface area (Å²) >= 11 is 0. The van der Waals surface area contributed by atoms with Crippen LogP contribution >= 0.6 is 0 Å². The zero-order chi connectivity index (χ0) is 18.6. The van der Waals surface area contributed by atoms with Crippen molar-refractivity contribution in [3.8, 4) is 0 Å². The summed E-state index contributed by atoms with van der Waals surface area (Å²) in [5, 5.41) is 20.4. The summed E-state index contributed by atoms with van der Waals surface area (Å²) in [4.78, 5) is 22.5. The number of nitro groups is 1. The van der Waals surface area contributed by atoms with Gasteiger partial charge in [0.15, 0.2) is 0 Å². The van der Waals surface area contributed by atoms with E-state index in [1.54, 1.807) is 14.0 Å². The quantitative estimate of drug-likeness (QED) is 0.450. The van der Waals surface area contributed by atoms with E-state index in [1.807, 2.05) is 0 Å².